The van der Waals surface area contributed by atoms with E-state index in [0.717, 1.165) is 12.8 Å². The molecule has 0 aliphatic rings. The summed E-state index contributed by atoms with van der Waals surface area (Å²) in [6, 6.07) is 0. The summed E-state index contributed by atoms with van der Waals surface area (Å²) in [6.07, 6.45) is 10.7. The molecule has 0 rings (SSSR count). The highest BCUT2D eigenvalue weighted by Crippen LogP contribution is 2.04. The van der Waals surface area contributed by atoms with E-state index in [-0.39, 0.29) is 0 Å². The molecule has 1 unspecified atom stereocenters. The fraction of sp³-hybridized carbons (Fsp3) is 0.545. The van der Waals surface area contributed by atoms with Gasteiger partial charge < -0.3 is 0 Å². The summed E-state index contributed by atoms with van der Waals surface area (Å²) in [5.41, 5.74) is 3.07. The highest BCUT2D eigenvalue weighted by molar-refractivity contribution is 4.91. The zero-order valence-corrected chi connectivity index (χ0v) is 7.80. The average Bonchev–Trinajstić information content (AvgIpc) is 2.01. The Morgan fingerprint density at radius 2 is 2.18 bits per heavy atom. The first-order chi connectivity index (χ1) is 5.31. The Kier molecular flexibility index (Phi) is 6.87. The maximum absolute atomic E-state index is 3.07. The molecule has 0 aliphatic heterocycles. The molecular weight excluding hydrogens is 132 g/mol. The van der Waals surface area contributed by atoms with Crippen LogP contribution in [0.2, 0.25) is 0 Å². The molecule has 0 aromatic heterocycles. The van der Waals surface area contributed by atoms with E-state index in [1.54, 1.807) is 0 Å². The lowest BCUT2D eigenvalue weighted by molar-refractivity contribution is 0.741. The van der Waals surface area contributed by atoms with Crippen molar-refractivity contribution in [1.82, 2.24) is 0 Å². The second kappa shape index (κ2) is 7.37. The van der Waals surface area contributed by atoms with Gasteiger partial charge in [0.2, 0.25) is 0 Å². The third-order valence-electron chi connectivity index (χ3n) is 1.47. The van der Waals surface area contributed by atoms with Crippen molar-refractivity contribution in [3.8, 4) is 0 Å². The molecule has 0 spiro atoms. The van der Waals surface area contributed by atoms with Gasteiger partial charge in [0.05, 0.1) is 0 Å². The van der Waals surface area contributed by atoms with Gasteiger partial charge in [-0.3, -0.25) is 0 Å². The van der Waals surface area contributed by atoms with Crippen LogP contribution in [0.5, 0.6) is 0 Å². The van der Waals surface area contributed by atoms with Gasteiger partial charge in [0.15, 0.2) is 0 Å². The summed E-state index contributed by atoms with van der Waals surface area (Å²) in [4.78, 5) is 0. The Hall–Kier alpha value is -0.740. The van der Waals surface area contributed by atoms with Crippen molar-refractivity contribution in [2.75, 3.05) is 0 Å². The maximum Gasteiger partial charge on any atom is -0.0214 e. The predicted octanol–water partition coefficient (Wildman–Crippen LogP) is 3.71. The molecule has 62 valence electrons. The summed E-state index contributed by atoms with van der Waals surface area (Å²) in [5, 5.41) is 0. The molecule has 0 amide bonds. The quantitative estimate of drug-likeness (QED) is 0.423. The van der Waals surface area contributed by atoms with Crippen LogP contribution >= 0.6 is 0 Å². The first-order valence-corrected chi connectivity index (χ1v) is 4.33. The Labute approximate surface area is 70.3 Å². The molecule has 0 nitrogen and oxygen atoms in total. The van der Waals surface area contributed by atoms with Crippen LogP contribution in [0.4, 0.5) is 0 Å². The third kappa shape index (κ3) is 7.15. The van der Waals surface area contributed by atoms with E-state index in [4.69, 9.17) is 0 Å². The Bertz CT molecular complexity index is 157. The van der Waals surface area contributed by atoms with E-state index >= 15 is 0 Å². The van der Waals surface area contributed by atoms with Gasteiger partial charge in [-0.1, -0.05) is 26.0 Å². The largest absolute Gasteiger partial charge is 0.130 e. The van der Waals surface area contributed by atoms with Gasteiger partial charge in [0.25, 0.3) is 0 Å². The monoisotopic (exact) mass is 150 g/mol. The van der Waals surface area contributed by atoms with Crippen LogP contribution in [0.1, 0.15) is 33.6 Å². The van der Waals surface area contributed by atoms with Gasteiger partial charge in [-0.15, -0.1) is 5.73 Å². The minimum Gasteiger partial charge on any atom is -0.130 e. The standard InChI is InChI=1S/C11H18/c1-4-6-8-10-11(3)9-7-5-2/h4,7-9,11H,5,10H2,1-3H3. The summed E-state index contributed by atoms with van der Waals surface area (Å²) in [5.74, 6) is 0.655. The molecule has 0 heterocycles. The minimum atomic E-state index is 0.655. The van der Waals surface area contributed by atoms with E-state index in [1.807, 2.05) is 13.0 Å². The van der Waals surface area contributed by atoms with Crippen LogP contribution < -0.4 is 0 Å². The molecule has 0 aromatic carbocycles. The third-order valence-corrected chi connectivity index (χ3v) is 1.47. The molecule has 11 heavy (non-hydrogen) atoms. The summed E-state index contributed by atoms with van der Waals surface area (Å²) in [7, 11) is 0. The van der Waals surface area contributed by atoms with Crippen LogP contribution in [0.15, 0.2) is 30.0 Å². The Morgan fingerprint density at radius 1 is 1.45 bits per heavy atom. The van der Waals surface area contributed by atoms with E-state index in [9.17, 15) is 0 Å². The van der Waals surface area contributed by atoms with Gasteiger partial charge in [0, 0.05) is 0 Å². The van der Waals surface area contributed by atoms with Crippen molar-refractivity contribution in [3.63, 3.8) is 0 Å². The zero-order chi connectivity index (χ0) is 8.53. The van der Waals surface area contributed by atoms with Crippen LogP contribution in [0.3, 0.4) is 0 Å². The van der Waals surface area contributed by atoms with Gasteiger partial charge in [-0.25, -0.2) is 0 Å². The minimum absolute atomic E-state index is 0.655. The SMILES string of the molecule is CC=C=CCC(C)C=CCC. The Morgan fingerprint density at radius 3 is 2.73 bits per heavy atom. The number of hydrogen-bond donors (Lipinski definition) is 0. The lowest BCUT2D eigenvalue weighted by Crippen LogP contribution is -1.84. The molecule has 0 saturated heterocycles. The van der Waals surface area contributed by atoms with Crippen LogP contribution in [0, 0.1) is 5.92 Å². The average molecular weight is 150 g/mol. The molecule has 0 N–H and O–H groups in total. The summed E-state index contributed by atoms with van der Waals surface area (Å²) in [6.45, 7) is 6.37. The second-order valence-corrected chi connectivity index (χ2v) is 2.71. The fourth-order valence-corrected chi connectivity index (χ4v) is 0.819. The molecule has 0 saturated carbocycles. The van der Waals surface area contributed by atoms with Crippen molar-refractivity contribution in [3.05, 3.63) is 30.0 Å². The topological polar surface area (TPSA) is 0 Å². The van der Waals surface area contributed by atoms with Crippen molar-refractivity contribution < 1.29 is 0 Å². The van der Waals surface area contributed by atoms with Crippen molar-refractivity contribution in [2.24, 2.45) is 5.92 Å². The van der Waals surface area contributed by atoms with Gasteiger partial charge in [0.1, 0.15) is 0 Å². The molecule has 1 atom stereocenters. The summed E-state index contributed by atoms with van der Waals surface area (Å²) >= 11 is 0. The fourth-order valence-electron chi connectivity index (χ4n) is 0.819. The molecule has 0 bridgehead atoms. The first kappa shape index (κ1) is 10.3. The van der Waals surface area contributed by atoms with E-state index in [1.165, 1.54) is 0 Å². The lowest BCUT2D eigenvalue weighted by atomic mass is 10.1. The smallest absolute Gasteiger partial charge is 0.0214 e. The lowest BCUT2D eigenvalue weighted by Gasteiger charge is -1.98. The van der Waals surface area contributed by atoms with Gasteiger partial charge in [-0.2, -0.15) is 0 Å². The maximum atomic E-state index is 3.07. The summed E-state index contributed by atoms with van der Waals surface area (Å²) < 4.78 is 0. The molecule has 0 aromatic rings. The number of rotatable bonds is 4. The normalized spacial score (nSPS) is 12.6. The van der Waals surface area contributed by atoms with Crippen molar-refractivity contribution in [1.29, 1.82) is 0 Å². The van der Waals surface area contributed by atoms with Gasteiger partial charge >= 0.3 is 0 Å². The first-order valence-electron chi connectivity index (χ1n) is 4.33. The van der Waals surface area contributed by atoms with Crippen LogP contribution in [-0.2, 0) is 0 Å². The van der Waals surface area contributed by atoms with Crippen molar-refractivity contribution in [2.45, 2.75) is 33.6 Å². The highest BCUT2D eigenvalue weighted by Gasteiger charge is 1.90. The predicted molar refractivity (Wildman–Crippen MR) is 51.5 cm³/mol. The van der Waals surface area contributed by atoms with E-state index in [0.29, 0.717) is 5.92 Å². The molecule has 0 fully saturated rings. The zero-order valence-electron chi connectivity index (χ0n) is 7.80. The van der Waals surface area contributed by atoms with E-state index < -0.39 is 0 Å². The molecule has 0 heteroatoms. The molecule has 0 aliphatic carbocycles. The van der Waals surface area contributed by atoms with Crippen molar-refractivity contribution >= 4 is 0 Å². The van der Waals surface area contributed by atoms with Crippen LogP contribution in [0.25, 0.3) is 0 Å². The number of hydrogen-bond acceptors (Lipinski definition) is 0. The molecular formula is C11H18. The second-order valence-electron chi connectivity index (χ2n) is 2.71. The molecule has 0 radical (unpaired) electrons. The van der Waals surface area contributed by atoms with Gasteiger partial charge in [-0.05, 0) is 37.8 Å². The highest BCUT2D eigenvalue weighted by atomic mass is 13.9. The van der Waals surface area contributed by atoms with E-state index in [2.05, 4.69) is 37.8 Å². The van der Waals surface area contributed by atoms with Crippen LogP contribution in [-0.4, -0.2) is 0 Å². The Balaban J connectivity index is 3.60. The number of allylic oxidation sites excluding steroid dienone is 3.